The van der Waals surface area contributed by atoms with Crippen LogP contribution in [-0.4, -0.2) is 30.9 Å². The molecule has 3 N–H and O–H groups in total. The van der Waals surface area contributed by atoms with Crippen molar-refractivity contribution < 1.29 is 9.59 Å². The molecule has 1 fully saturated rings. The van der Waals surface area contributed by atoms with E-state index < -0.39 is 0 Å². The second-order valence-electron chi connectivity index (χ2n) is 4.60. The lowest BCUT2D eigenvalue weighted by Gasteiger charge is -2.23. The number of carbonyl (C=O) groups is 2. The first-order valence-electron chi connectivity index (χ1n) is 5.94. The second-order valence-corrected chi connectivity index (χ2v) is 4.60. The molecule has 1 aliphatic heterocycles. The van der Waals surface area contributed by atoms with Crippen molar-refractivity contribution in [3.8, 4) is 0 Å². The summed E-state index contributed by atoms with van der Waals surface area (Å²) in [5, 5.41) is 8.41. The zero-order chi connectivity index (χ0) is 13.1. The average Bonchev–Trinajstić information content (AvgIpc) is 2.28. The van der Waals surface area contributed by atoms with E-state index in [1.54, 1.807) is 0 Å². The third-order valence-corrected chi connectivity index (χ3v) is 2.82. The van der Waals surface area contributed by atoms with Crippen LogP contribution >= 0.6 is 0 Å². The van der Waals surface area contributed by atoms with Gasteiger partial charge in [0.2, 0.25) is 11.8 Å². The molecular weight excluding hydrogens is 230 g/mol. The summed E-state index contributed by atoms with van der Waals surface area (Å²) in [5.41, 5.74) is 3.00. The van der Waals surface area contributed by atoms with Crippen molar-refractivity contribution in [3.05, 3.63) is 29.3 Å². The van der Waals surface area contributed by atoms with Gasteiger partial charge in [-0.25, -0.2) is 0 Å². The monoisotopic (exact) mass is 247 g/mol. The van der Waals surface area contributed by atoms with Crippen LogP contribution in [0.4, 0.5) is 5.69 Å². The molecule has 0 bridgehead atoms. The van der Waals surface area contributed by atoms with Gasteiger partial charge in [-0.05, 0) is 37.1 Å². The number of aryl methyl sites for hydroxylation is 2. The maximum atomic E-state index is 12.0. The number of benzene rings is 1. The van der Waals surface area contributed by atoms with E-state index in [0.717, 1.165) is 16.8 Å². The zero-order valence-corrected chi connectivity index (χ0v) is 10.5. The molecule has 0 spiro atoms. The standard InChI is InChI=1S/C13H17N3O2/c1-8-3-9(2)5-10(4-8)16-13(18)11-6-15-12(17)7-14-11/h3-5,11,14H,6-7H2,1-2H3,(H,15,17)(H,16,18). The van der Waals surface area contributed by atoms with E-state index in [2.05, 4.69) is 22.0 Å². The topological polar surface area (TPSA) is 70.2 Å². The maximum Gasteiger partial charge on any atom is 0.243 e. The minimum atomic E-state index is -0.372. The molecule has 1 heterocycles. The van der Waals surface area contributed by atoms with Gasteiger partial charge >= 0.3 is 0 Å². The lowest BCUT2D eigenvalue weighted by atomic mass is 10.1. The molecule has 1 aliphatic rings. The molecule has 1 aromatic carbocycles. The van der Waals surface area contributed by atoms with Crippen LogP contribution in [0, 0.1) is 13.8 Å². The molecule has 1 unspecified atom stereocenters. The SMILES string of the molecule is Cc1cc(C)cc(NC(=O)C2CNC(=O)CN2)c1. The van der Waals surface area contributed by atoms with E-state index >= 15 is 0 Å². The fraction of sp³-hybridized carbons (Fsp3) is 0.385. The lowest BCUT2D eigenvalue weighted by Crippen LogP contribution is -2.56. The zero-order valence-electron chi connectivity index (χ0n) is 10.5. The van der Waals surface area contributed by atoms with Crippen LogP contribution < -0.4 is 16.0 Å². The van der Waals surface area contributed by atoms with Crippen LogP contribution in [0.5, 0.6) is 0 Å². The fourth-order valence-electron chi connectivity index (χ4n) is 2.03. The Kier molecular flexibility index (Phi) is 3.62. The Bertz CT molecular complexity index is 455. The molecule has 2 amide bonds. The molecule has 0 aromatic heterocycles. The Balaban J connectivity index is 2.00. The van der Waals surface area contributed by atoms with Gasteiger partial charge in [0.25, 0.3) is 0 Å². The molecule has 0 aliphatic carbocycles. The predicted octanol–water partition coefficient (Wildman–Crippen LogP) is 0.330. The highest BCUT2D eigenvalue weighted by Crippen LogP contribution is 2.14. The Morgan fingerprint density at radius 3 is 2.50 bits per heavy atom. The third-order valence-electron chi connectivity index (χ3n) is 2.82. The van der Waals surface area contributed by atoms with E-state index in [4.69, 9.17) is 0 Å². The van der Waals surface area contributed by atoms with Crippen molar-refractivity contribution in [3.63, 3.8) is 0 Å². The molecule has 0 saturated carbocycles. The minimum Gasteiger partial charge on any atom is -0.353 e. The van der Waals surface area contributed by atoms with Crippen LogP contribution in [0.15, 0.2) is 18.2 Å². The first-order valence-corrected chi connectivity index (χ1v) is 5.94. The normalized spacial score (nSPS) is 19.2. The highest BCUT2D eigenvalue weighted by molar-refractivity contribution is 5.96. The van der Waals surface area contributed by atoms with Gasteiger partial charge in [0.05, 0.1) is 6.54 Å². The van der Waals surface area contributed by atoms with Crippen molar-refractivity contribution in [1.82, 2.24) is 10.6 Å². The van der Waals surface area contributed by atoms with Crippen LogP contribution in [0.1, 0.15) is 11.1 Å². The molecule has 1 saturated heterocycles. The number of rotatable bonds is 2. The van der Waals surface area contributed by atoms with Crippen molar-refractivity contribution in [2.24, 2.45) is 0 Å². The second kappa shape index (κ2) is 5.18. The Hall–Kier alpha value is -1.88. The Morgan fingerprint density at radius 1 is 1.28 bits per heavy atom. The summed E-state index contributed by atoms with van der Waals surface area (Å²) in [6.45, 7) is 4.49. The Labute approximate surface area is 106 Å². The average molecular weight is 247 g/mol. The molecule has 0 radical (unpaired) electrons. The summed E-state index contributed by atoms with van der Waals surface area (Å²) in [6.07, 6.45) is 0. The molecule has 5 heteroatoms. The number of hydrogen-bond acceptors (Lipinski definition) is 3. The molecule has 2 rings (SSSR count). The van der Waals surface area contributed by atoms with Crippen LogP contribution in [0.2, 0.25) is 0 Å². The van der Waals surface area contributed by atoms with Gasteiger partial charge in [0.15, 0.2) is 0 Å². The molecular formula is C13H17N3O2. The summed E-state index contributed by atoms with van der Waals surface area (Å²) >= 11 is 0. The fourth-order valence-corrected chi connectivity index (χ4v) is 2.03. The number of carbonyl (C=O) groups excluding carboxylic acids is 2. The van der Waals surface area contributed by atoms with Crippen LogP contribution in [-0.2, 0) is 9.59 Å². The van der Waals surface area contributed by atoms with Crippen molar-refractivity contribution in [1.29, 1.82) is 0 Å². The van der Waals surface area contributed by atoms with E-state index in [0.29, 0.717) is 6.54 Å². The van der Waals surface area contributed by atoms with Gasteiger partial charge in [-0.2, -0.15) is 0 Å². The highest BCUT2D eigenvalue weighted by Gasteiger charge is 2.23. The first-order chi connectivity index (χ1) is 8.54. The van der Waals surface area contributed by atoms with Gasteiger partial charge in [0, 0.05) is 12.2 Å². The van der Waals surface area contributed by atoms with E-state index in [-0.39, 0.29) is 24.4 Å². The van der Waals surface area contributed by atoms with Gasteiger partial charge in [-0.1, -0.05) is 6.07 Å². The van der Waals surface area contributed by atoms with Gasteiger partial charge < -0.3 is 10.6 Å². The summed E-state index contributed by atoms with van der Waals surface area (Å²) in [7, 11) is 0. The summed E-state index contributed by atoms with van der Waals surface area (Å²) in [6, 6.07) is 5.52. The van der Waals surface area contributed by atoms with Crippen molar-refractivity contribution in [2.75, 3.05) is 18.4 Å². The minimum absolute atomic E-state index is 0.0783. The molecule has 1 atom stereocenters. The Morgan fingerprint density at radius 2 is 1.94 bits per heavy atom. The van der Waals surface area contributed by atoms with E-state index in [1.807, 2.05) is 26.0 Å². The van der Waals surface area contributed by atoms with Gasteiger partial charge in [-0.3, -0.25) is 14.9 Å². The number of hydrogen-bond donors (Lipinski definition) is 3. The van der Waals surface area contributed by atoms with Crippen LogP contribution in [0.3, 0.4) is 0 Å². The highest BCUT2D eigenvalue weighted by atomic mass is 16.2. The molecule has 96 valence electrons. The molecule has 5 nitrogen and oxygen atoms in total. The number of anilines is 1. The van der Waals surface area contributed by atoms with Gasteiger partial charge in [-0.15, -0.1) is 0 Å². The van der Waals surface area contributed by atoms with Crippen LogP contribution in [0.25, 0.3) is 0 Å². The molecule has 18 heavy (non-hydrogen) atoms. The third kappa shape index (κ3) is 3.07. The number of piperazine rings is 1. The summed E-state index contributed by atoms with van der Waals surface area (Å²) in [5.74, 6) is -0.203. The maximum absolute atomic E-state index is 12.0. The molecule has 1 aromatic rings. The van der Waals surface area contributed by atoms with E-state index in [9.17, 15) is 9.59 Å². The van der Waals surface area contributed by atoms with E-state index in [1.165, 1.54) is 0 Å². The number of amides is 2. The summed E-state index contributed by atoms with van der Waals surface area (Å²) < 4.78 is 0. The van der Waals surface area contributed by atoms with Gasteiger partial charge in [0.1, 0.15) is 6.04 Å². The summed E-state index contributed by atoms with van der Waals surface area (Å²) in [4.78, 5) is 22.9. The quantitative estimate of drug-likeness (QED) is 0.705. The van der Waals surface area contributed by atoms with Crippen molar-refractivity contribution >= 4 is 17.5 Å². The number of nitrogens with one attached hydrogen (secondary N) is 3. The largest absolute Gasteiger partial charge is 0.353 e. The van der Waals surface area contributed by atoms with Crippen molar-refractivity contribution in [2.45, 2.75) is 19.9 Å². The smallest absolute Gasteiger partial charge is 0.243 e. The first kappa shape index (κ1) is 12.6. The lowest BCUT2D eigenvalue weighted by molar-refractivity contribution is -0.124. The predicted molar refractivity (Wildman–Crippen MR) is 69.3 cm³/mol.